The third-order valence-electron chi connectivity index (χ3n) is 2.27. The summed E-state index contributed by atoms with van der Waals surface area (Å²) in [4.78, 5) is 4.02. The number of hydrogen-bond acceptors (Lipinski definition) is 2. The van der Waals surface area contributed by atoms with Crippen LogP contribution in [0.4, 0.5) is 4.39 Å². The summed E-state index contributed by atoms with van der Waals surface area (Å²) in [6, 6.07) is 4.14. The average molecular weight is 288 g/mol. The van der Waals surface area contributed by atoms with Gasteiger partial charge < -0.3 is 16.2 Å². The van der Waals surface area contributed by atoms with Crippen molar-refractivity contribution in [2.24, 2.45) is 10.7 Å². The zero-order chi connectivity index (χ0) is 14.6. The highest BCUT2D eigenvalue weighted by Gasteiger charge is 2.12. The van der Waals surface area contributed by atoms with E-state index in [1.807, 2.05) is 20.8 Å². The Hall–Kier alpha value is -1.33. The van der Waals surface area contributed by atoms with E-state index < -0.39 is 11.9 Å². The molecular weight excluding hydrogens is 269 g/mol. The molecule has 0 aliphatic carbocycles. The monoisotopic (exact) mass is 287 g/mol. The number of aliphatic hydroxyl groups is 1. The highest BCUT2D eigenvalue weighted by molar-refractivity contribution is 6.30. The first kappa shape index (κ1) is 15.7. The molecule has 0 amide bonds. The Labute approximate surface area is 117 Å². The van der Waals surface area contributed by atoms with Crippen molar-refractivity contribution in [3.8, 4) is 0 Å². The molecule has 19 heavy (non-hydrogen) atoms. The van der Waals surface area contributed by atoms with Crippen molar-refractivity contribution in [1.82, 2.24) is 5.32 Å². The fraction of sp³-hybridized carbons (Fsp3) is 0.462. The largest absolute Gasteiger partial charge is 0.386 e. The summed E-state index contributed by atoms with van der Waals surface area (Å²) in [5.74, 6) is -0.330. The first-order valence-corrected chi connectivity index (χ1v) is 6.28. The Morgan fingerprint density at radius 3 is 2.68 bits per heavy atom. The second-order valence-corrected chi connectivity index (χ2v) is 5.70. The van der Waals surface area contributed by atoms with E-state index in [4.69, 9.17) is 17.3 Å². The summed E-state index contributed by atoms with van der Waals surface area (Å²) in [7, 11) is 0. The number of guanidine groups is 1. The second-order valence-electron chi connectivity index (χ2n) is 5.29. The van der Waals surface area contributed by atoms with E-state index in [-0.39, 0.29) is 23.1 Å². The minimum Gasteiger partial charge on any atom is -0.386 e. The average Bonchev–Trinajstić information content (AvgIpc) is 2.27. The molecule has 1 rings (SSSR count). The van der Waals surface area contributed by atoms with E-state index in [9.17, 15) is 9.50 Å². The fourth-order valence-electron chi connectivity index (χ4n) is 1.43. The Balaban J connectivity index is 2.67. The third-order valence-corrected chi connectivity index (χ3v) is 2.57. The van der Waals surface area contributed by atoms with Crippen molar-refractivity contribution in [1.29, 1.82) is 0 Å². The molecule has 0 saturated heterocycles. The number of nitrogens with two attached hydrogens (primary N) is 1. The normalized spacial score (nSPS) is 14.3. The molecule has 1 aromatic rings. The molecular formula is C13H19ClFN3O. The molecule has 0 heterocycles. The van der Waals surface area contributed by atoms with Crippen molar-refractivity contribution in [2.45, 2.75) is 32.4 Å². The molecule has 0 saturated carbocycles. The van der Waals surface area contributed by atoms with Gasteiger partial charge in [-0.05, 0) is 38.5 Å². The van der Waals surface area contributed by atoms with E-state index in [2.05, 4.69) is 10.3 Å². The van der Waals surface area contributed by atoms with Crippen LogP contribution in [0.3, 0.4) is 0 Å². The third kappa shape index (κ3) is 5.44. The summed E-state index contributed by atoms with van der Waals surface area (Å²) < 4.78 is 13.2. The lowest BCUT2D eigenvalue weighted by atomic mass is 10.1. The van der Waals surface area contributed by atoms with Gasteiger partial charge in [0.25, 0.3) is 0 Å². The Morgan fingerprint density at radius 2 is 2.16 bits per heavy atom. The number of halogens is 2. The second kappa shape index (κ2) is 6.21. The van der Waals surface area contributed by atoms with Crippen LogP contribution in [0.25, 0.3) is 0 Å². The molecule has 4 N–H and O–H groups in total. The maximum Gasteiger partial charge on any atom is 0.189 e. The standard InChI is InChI=1S/C13H19ClFN3O/c1-13(2,3)18-12(16)17-7-11(19)8-4-5-9(14)10(15)6-8/h4-6,11,19H,7H2,1-3H3,(H3,16,17,18). The molecule has 0 bridgehead atoms. The predicted octanol–water partition coefficient (Wildman–Crippen LogP) is 2.22. The van der Waals surface area contributed by atoms with Gasteiger partial charge in [-0.1, -0.05) is 17.7 Å². The van der Waals surface area contributed by atoms with E-state index in [0.717, 1.165) is 0 Å². The van der Waals surface area contributed by atoms with Crippen LogP contribution >= 0.6 is 11.6 Å². The van der Waals surface area contributed by atoms with Gasteiger partial charge >= 0.3 is 0 Å². The van der Waals surface area contributed by atoms with Crippen LogP contribution < -0.4 is 11.1 Å². The summed E-state index contributed by atoms with van der Waals surface area (Å²) in [6.07, 6.45) is -0.924. The minimum atomic E-state index is -0.924. The highest BCUT2D eigenvalue weighted by atomic mass is 35.5. The van der Waals surface area contributed by atoms with Crippen molar-refractivity contribution in [3.05, 3.63) is 34.6 Å². The predicted molar refractivity (Wildman–Crippen MR) is 75.7 cm³/mol. The van der Waals surface area contributed by atoms with Gasteiger partial charge in [0.05, 0.1) is 17.7 Å². The van der Waals surface area contributed by atoms with Gasteiger partial charge in [-0.2, -0.15) is 0 Å². The molecule has 0 aromatic heterocycles. The zero-order valence-electron chi connectivity index (χ0n) is 11.2. The lowest BCUT2D eigenvalue weighted by molar-refractivity contribution is 0.186. The highest BCUT2D eigenvalue weighted by Crippen LogP contribution is 2.20. The van der Waals surface area contributed by atoms with Gasteiger partial charge in [0.1, 0.15) is 5.82 Å². The Morgan fingerprint density at radius 1 is 1.53 bits per heavy atom. The lowest BCUT2D eigenvalue weighted by Crippen LogP contribution is -2.45. The number of aliphatic imine (C=N–C) groups is 1. The van der Waals surface area contributed by atoms with Crippen LogP contribution in [0.2, 0.25) is 5.02 Å². The van der Waals surface area contributed by atoms with Gasteiger partial charge in [-0.3, -0.25) is 4.99 Å². The molecule has 0 radical (unpaired) electrons. The molecule has 6 heteroatoms. The zero-order valence-corrected chi connectivity index (χ0v) is 12.0. The van der Waals surface area contributed by atoms with Crippen molar-refractivity contribution >= 4 is 17.6 Å². The fourth-order valence-corrected chi connectivity index (χ4v) is 1.55. The maximum absolute atomic E-state index is 13.2. The molecule has 1 aromatic carbocycles. The Bertz CT molecular complexity index is 471. The van der Waals surface area contributed by atoms with E-state index in [0.29, 0.717) is 5.56 Å². The van der Waals surface area contributed by atoms with Crippen molar-refractivity contribution < 1.29 is 9.50 Å². The van der Waals surface area contributed by atoms with Crippen LogP contribution in [0.15, 0.2) is 23.2 Å². The van der Waals surface area contributed by atoms with Gasteiger partial charge in [-0.25, -0.2) is 4.39 Å². The van der Waals surface area contributed by atoms with Crippen LogP contribution in [0.5, 0.6) is 0 Å². The SMILES string of the molecule is CC(C)(C)NC(N)=NCC(O)c1ccc(Cl)c(F)c1. The number of aliphatic hydroxyl groups excluding tert-OH is 1. The van der Waals surface area contributed by atoms with Crippen molar-refractivity contribution in [3.63, 3.8) is 0 Å². The number of nitrogens with zero attached hydrogens (tertiary/aromatic N) is 1. The first-order chi connectivity index (χ1) is 8.69. The minimum absolute atomic E-state index is 0.0216. The number of benzene rings is 1. The van der Waals surface area contributed by atoms with E-state index in [1.54, 1.807) is 6.07 Å². The smallest absolute Gasteiger partial charge is 0.189 e. The van der Waals surface area contributed by atoms with Gasteiger partial charge in [0, 0.05) is 5.54 Å². The number of rotatable bonds is 3. The molecule has 1 unspecified atom stereocenters. The first-order valence-electron chi connectivity index (χ1n) is 5.90. The van der Waals surface area contributed by atoms with Gasteiger partial charge in [0.15, 0.2) is 5.96 Å². The lowest BCUT2D eigenvalue weighted by Gasteiger charge is -2.21. The van der Waals surface area contributed by atoms with Crippen LogP contribution in [-0.2, 0) is 0 Å². The molecule has 4 nitrogen and oxygen atoms in total. The molecule has 1 atom stereocenters. The summed E-state index contributed by atoms with van der Waals surface area (Å²) in [5.41, 5.74) is 5.88. The van der Waals surface area contributed by atoms with Gasteiger partial charge in [-0.15, -0.1) is 0 Å². The topological polar surface area (TPSA) is 70.6 Å². The quantitative estimate of drug-likeness (QED) is 0.590. The van der Waals surface area contributed by atoms with Crippen LogP contribution in [0, 0.1) is 5.82 Å². The molecule has 0 fully saturated rings. The van der Waals surface area contributed by atoms with Crippen LogP contribution in [0.1, 0.15) is 32.4 Å². The summed E-state index contributed by atoms with van der Waals surface area (Å²) >= 11 is 5.57. The molecule has 106 valence electrons. The van der Waals surface area contributed by atoms with Crippen molar-refractivity contribution in [2.75, 3.05) is 6.54 Å². The van der Waals surface area contributed by atoms with Crippen LogP contribution in [-0.4, -0.2) is 23.1 Å². The summed E-state index contributed by atoms with van der Waals surface area (Å²) in [5, 5.41) is 12.9. The maximum atomic E-state index is 13.2. The molecule has 0 aliphatic rings. The molecule has 0 aliphatic heterocycles. The van der Waals surface area contributed by atoms with E-state index in [1.165, 1.54) is 12.1 Å². The van der Waals surface area contributed by atoms with Gasteiger partial charge in [0.2, 0.25) is 0 Å². The number of hydrogen-bond donors (Lipinski definition) is 3. The number of nitrogens with one attached hydrogen (secondary N) is 1. The summed E-state index contributed by atoms with van der Waals surface area (Å²) in [6.45, 7) is 5.89. The Kier molecular flexibility index (Phi) is 5.14. The van der Waals surface area contributed by atoms with E-state index >= 15 is 0 Å². The molecule has 0 spiro atoms.